The lowest BCUT2D eigenvalue weighted by Gasteiger charge is -2.37. The summed E-state index contributed by atoms with van der Waals surface area (Å²) in [5, 5.41) is 3.34. The van der Waals surface area contributed by atoms with E-state index in [4.69, 9.17) is 0 Å². The van der Waals surface area contributed by atoms with E-state index in [1.54, 1.807) is 11.0 Å². The Bertz CT molecular complexity index is 783. The second-order valence-electron chi connectivity index (χ2n) is 10.2. The standard InChI is InChI=1S/C25H36FN3O/c1-18-3-2-15-28(18)21-7-4-19(5-8-21)20-6-9-23(22(26)17-20)29-16-12-25(24(29)30)10-13-27-14-11-25/h6,9,17-19,21,27H,2-5,7-8,10-16H2,1H3/t18-,19-,21-/m1/s1. The van der Waals surface area contributed by atoms with E-state index in [2.05, 4.69) is 23.2 Å². The van der Waals surface area contributed by atoms with Crippen molar-refractivity contribution in [1.82, 2.24) is 10.2 Å². The number of nitrogens with zero attached hydrogens (tertiary/aromatic N) is 2. The average Bonchev–Trinajstić information content (AvgIpc) is 3.33. The molecule has 1 aromatic carbocycles. The number of rotatable bonds is 3. The molecule has 0 radical (unpaired) electrons. The second-order valence-corrected chi connectivity index (χ2v) is 10.2. The van der Waals surface area contributed by atoms with Crippen molar-refractivity contribution in [2.45, 2.75) is 82.7 Å². The predicted octanol–water partition coefficient (Wildman–Crippen LogP) is 4.44. The van der Waals surface area contributed by atoms with Crippen molar-refractivity contribution in [1.29, 1.82) is 0 Å². The van der Waals surface area contributed by atoms with Crippen molar-refractivity contribution in [3.63, 3.8) is 0 Å². The number of carbonyl (C=O) groups is 1. The van der Waals surface area contributed by atoms with Crippen molar-refractivity contribution >= 4 is 11.6 Å². The number of nitrogens with one attached hydrogen (secondary N) is 1. The first-order valence-corrected chi connectivity index (χ1v) is 12.2. The first kappa shape index (κ1) is 20.4. The Hall–Kier alpha value is -1.46. The highest BCUT2D eigenvalue weighted by Gasteiger charge is 2.47. The normalized spacial score (nSPS) is 32.3. The number of piperidine rings is 1. The molecule has 3 saturated heterocycles. The summed E-state index contributed by atoms with van der Waals surface area (Å²) in [5.74, 6) is 0.366. The van der Waals surface area contributed by atoms with Gasteiger partial charge in [-0.05, 0) is 108 Å². The average molecular weight is 414 g/mol. The molecule has 164 valence electrons. The highest BCUT2D eigenvalue weighted by molar-refractivity contribution is 6.00. The molecule has 0 unspecified atom stereocenters. The van der Waals surface area contributed by atoms with Gasteiger partial charge in [-0.3, -0.25) is 9.69 Å². The van der Waals surface area contributed by atoms with Gasteiger partial charge in [0.05, 0.1) is 11.1 Å². The van der Waals surface area contributed by atoms with Gasteiger partial charge in [0.25, 0.3) is 0 Å². The molecule has 1 aromatic rings. The van der Waals surface area contributed by atoms with Gasteiger partial charge in [-0.25, -0.2) is 4.39 Å². The minimum absolute atomic E-state index is 0.135. The third-order valence-electron chi connectivity index (χ3n) is 8.58. The lowest BCUT2D eigenvalue weighted by Crippen LogP contribution is -2.42. The smallest absolute Gasteiger partial charge is 0.233 e. The molecule has 30 heavy (non-hydrogen) atoms. The third kappa shape index (κ3) is 3.58. The zero-order chi connectivity index (χ0) is 20.7. The molecule has 4 fully saturated rings. The van der Waals surface area contributed by atoms with E-state index in [0.717, 1.165) is 56.8 Å². The van der Waals surface area contributed by atoms with Crippen LogP contribution >= 0.6 is 0 Å². The van der Waals surface area contributed by atoms with Crippen LogP contribution in [0.3, 0.4) is 0 Å². The second kappa shape index (κ2) is 8.23. The van der Waals surface area contributed by atoms with E-state index < -0.39 is 0 Å². The quantitative estimate of drug-likeness (QED) is 0.796. The summed E-state index contributed by atoms with van der Waals surface area (Å²) in [7, 11) is 0. The minimum atomic E-state index is -0.262. The van der Waals surface area contributed by atoms with Crippen LogP contribution in [-0.4, -0.2) is 49.1 Å². The Labute approximate surface area is 180 Å². The first-order chi connectivity index (χ1) is 14.6. The fourth-order valence-corrected chi connectivity index (χ4v) is 6.65. The molecule has 1 aliphatic carbocycles. The molecule has 5 rings (SSSR count). The molecule has 1 spiro atoms. The molecule has 3 heterocycles. The van der Waals surface area contributed by atoms with Crippen molar-refractivity contribution in [2.24, 2.45) is 5.41 Å². The van der Waals surface area contributed by atoms with Gasteiger partial charge < -0.3 is 10.2 Å². The van der Waals surface area contributed by atoms with Crippen LogP contribution in [0.4, 0.5) is 10.1 Å². The first-order valence-electron chi connectivity index (χ1n) is 12.2. The van der Waals surface area contributed by atoms with Crippen LogP contribution in [0.2, 0.25) is 0 Å². The van der Waals surface area contributed by atoms with E-state index in [1.807, 2.05) is 6.07 Å². The zero-order valence-corrected chi connectivity index (χ0v) is 18.3. The Kier molecular flexibility index (Phi) is 5.61. The van der Waals surface area contributed by atoms with Crippen molar-refractivity contribution in [2.75, 3.05) is 31.1 Å². The summed E-state index contributed by atoms with van der Waals surface area (Å²) in [6, 6.07) is 7.12. The predicted molar refractivity (Wildman–Crippen MR) is 118 cm³/mol. The number of halogens is 1. The maximum atomic E-state index is 15.1. The van der Waals surface area contributed by atoms with Crippen LogP contribution in [-0.2, 0) is 4.79 Å². The molecular formula is C25H36FN3O. The van der Waals surface area contributed by atoms with Gasteiger partial charge in [-0.1, -0.05) is 6.07 Å². The third-order valence-corrected chi connectivity index (χ3v) is 8.58. The Morgan fingerprint density at radius 1 is 1.03 bits per heavy atom. The zero-order valence-electron chi connectivity index (χ0n) is 18.3. The van der Waals surface area contributed by atoms with Gasteiger partial charge in [-0.2, -0.15) is 0 Å². The lowest BCUT2D eigenvalue weighted by atomic mass is 9.77. The topological polar surface area (TPSA) is 35.6 Å². The van der Waals surface area contributed by atoms with E-state index in [0.29, 0.717) is 24.2 Å². The molecule has 4 nitrogen and oxygen atoms in total. The van der Waals surface area contributed by atoms with Crippen molar-refractivity contribution in [3.8, 4) is 0 Å². The molecule has 1 amide bonds. The van der Waals surface area contributed by atoms with Crippen molar-refractivity contribution < 1.29 is 9.18 Å². The van der Waals surface area contributed by atoms with Crippen LogP contribution in [0.25, 0.3) is 0 Å². The molecule has 4 aliphatic rings. The summed E-state index contributed by atoms with van der Waals surface area (Å²) in [6.45, 7) is 6.04. The molecule has 3 aliphatic heterocycles. The maximum Gasteiger partial charge on any atom is 0.233 e. The maximum absolute atomic E-state index is 15.1. The van der Waals surface area contributed by atoms with E-state index >= 15 is 4.39 Å². The monoisotopic (exact) mass is 413 g/mol. The van der Waals surface area contributed by atoms with Gasteiger partial charge >= 0.3 is 0 Å². The number of anilines is 1. The van der Waals surface area contributed by atoms with E-state index in [-0.39, 0.29) is 17.1 Å². The Morgan fingerprint density at radius 3 is 2.47 bits per heavy atom. The van der Waals surface area contributed by atoms with Crippen LogP contribution in [0.5, 0.6) is 0 Å². The molecule has 1 atom stereocenters. The van der Waals surface area contributed by atoms with Crippen LogP contribution in [0.15, 0.2) is 18.2 Å². The number of hydrogen-bond donors (Lipinski definition) is 1. The van der Waals surface area contributed by atoms with Crippen LogP contribution in [0.1, 0.15) is 76.2 Å². The van der Waals surface area contributed by atoms with E-state index in [9.17, 15) is 4.79 Å². The summed E-state index contributed by atoms with van der Waals surface area (Å²) in [5.41, 5.74) is 1.34. The summed E-state index contributed by atoms with van der Waals surface area (Å²) < 4.78 is 15.1. The van der Waals surface area contributed by atoms with Crippen LogP contribution in [0, 0.1) is 11.2 Å². The number of carbonyl (C=O) groups excluding carboxylic acids is 1. The molecule has 0 aromatic heterocycles. The molecule has 0 bridgehead atoms. The molecular weight excluding hydrogens is 377 g/mol. The van der Waals surface area contributed by atoms with Gasteiger partial charge in [0.1, 0.15) is 5.82 Å². The Morgan fingerprint density at radius 2 is 1.80 bits per heavy atom. The molecule has 1 N–H and O–H groups in total. The number of likely N-dealkylation sites (tertiary alicyclic amines) is 1. The summed E-state index contributed by atoms with van der Waals surface area (Å²) in [4.78, 5) is 17.6. The minimum Gasteiger partial charge on any atom is -0.317 e. The lowest BCUT2D eigenvalue weighted by molar-refractivity contribution is -0.126. The van der Waals surface area contributed by atoms with Crippen molar-refractivity contribution in [3.05, 3.63) is 29.6 Å². The molecule has 1 saturated carbocycles. The van der Waals surface area contributed by atoms with Gasteiger partial charge in [0, 0.05) is 18.6 Å². The molecule has 5 heteroatoms. The fraction of sp³-hybridized carbons (Fsp3) is 0.720. The fourth-order valence-electron chi connectivity index (χ4n) is 6.65. The highest BCUT2D eigenvalue weighted by atomic mass is 19.1. The van der Waals surface area contributed by atoms with Gasteiger partial charge in [0.15, 0.2) is 0 Å². The van der Waals surface area contributed by atoms with Gasteiger partial charge in [0.2, 0.25) is 5.91 Å². The van der Waals surface area contributed by atoms with Crippen LogP contribution < -0.4 is 10.2 Å². The van der Waals surface area contributed by atoms with Gasteiger partial charge in [-0.15, -0.1) is 0 Å². The number of benzene rings is 1. The van der Waals surface area contributed by atoms with E-state index in [1.165, 1.54) is 32.2 Å². The SMILES string of the molecule is C[C@@H]1CCCN1[C@H]1CC[C@H](c2ccc(N3CCC4(CCNCC4)C3=O)c(F)c2)CC1. The summed E-state index contributed by atoms with van der Waals surface area (Å²) >= 11 is 0. The largest absolute Gasteiger partial charge is 0.317 e. The Balaban J connectivity index is 1.25. The summed E-state index contributed by atoms with van der Waals surface area (Å²) in [6.07, 6.45) is 10.0. The number of hydrogen-bond acceptors (Lipinski definition) is 3. The number of amides is 1. The highest BCUT2D eigenvalue weighted by Crippen LogP contribution is 2.43.